The summed E-state index contributed by atoms with van der Waals surface area (Å²) in [7, 11) is 0. The highest BCUT2D eigenvalue weighted by Crippen LogP contribution is 2.58. The largest absolute Gasteiger partial charge is 0.481 e. The molecule has 2 N–H and O–H groups in total. The van der Waals surface area contributed by atoms with Crippen molar-refractivity contribution in [3.05, 3.63) is 12.7 Å². The smallest absolute Gasteiger partial charge is 0.310 e. The fourth-order valence-corrected chi connectivity index (χ4v) is 5.87. The first-order chi connectivity index (χ1) is 15.4. The lowest BCUT2D eigenvalue weighted by Gasteiger charge is -2.36. The van der Waals surface area contributed by atoms with E-state index in [2.05, 4.69) is 13.5 Å². The molecule has 0 saturated carbocycles. The Hall–Kier alpha value is -1.93. The highest BCUT2D eigenvalue weighted by atomic mass is 16.5. The van der Waals surface area contributed by atoms with Crippen LogP contribution in [0, 0.1) is 11.8 Å². The molecule has 0 aromatic heterocycles. The van der Waals surface area contributed by atoms with Crippen LogP contribution < -0.4 is 0 Å². The topological polar surface area (TPSA) is 107 Å². The van der Waals surface area contributed by atoms with Crippen LogP contribution in [0.15, 0.2) is 12.7 Å². The number of carboxylic acid groups (broad SMARTS) is 1. The first kappa shape index (κ1) is 24.7. The Morgan fingerprint density at radius 1 is 1.25 bits per heavy atom. The van der Waals surface area contributed by atoms with Gasteiger partial charge in [0.2, 0.25) is 11.8 Å². The molecule has 2 bridgehead atoms. The minimum Gasteiger partial charge on any atom is -0.481 e. The van der Waals surface area contributed by atoms with E-state index in [1.807, 2.05) is 0 Å². The van der Waals surface area contributed by atoms with E-state index in [9.17, 15) is 19.5 Å². The van der Waals surface area contributed by atoms with Gasteiger partial charge in [0.25, 0.3) is 0 Å². The van der Waals surface area contributed by atoms with Crippen molar-refractivity contribution in [2.75, 3.05) is 26.2 Å². The third-order valence-electron chi connectivity index (χ3n) is 7.32. The Morgan fingerprint density at radius 3 is 2.66 bits per heavy atom. The minimum absolute atomic E-state index is 0.138. The second-order valence-corrected chi connectivity index (χ2v) is 9.34. The molecule has 1 spiro atoms. The van der Waals surface area contributed by atoms with E-state index < -0.39 is 35.6 Å². The normalized spacial score (nSPS) is 30.6. The van der Waals surface area contributed by atoms with Gasteiger partial charge in [-0.3, -0.25) is 14.4 Å². The quantitative estimate of drug-likeness (QED) is 0.310. The van der Waals surface area contributed by atoms with Crippen LogP contribution in [0.2, 0.25) is 0 Å². The van der Waals surface area contributed by atoms with E-state index in [-0.39, 0.29) is 18.4 Å². The van der Waals surface area contributed by atoms with E-state index in [1.54, 1.807) is 15.9 Å². The molecule has 3 aliphatic heterocycles. The van der Waals surface area contributed by atoms with Crippen molar-refractivity contribution < 1.29 is 29.3 Å². The number of carbonyl (C=O) groups excluding carboxylic acids is 2. The summed E-state index contributed by atoms with van der Waals surface area (Å²) >= 11 is 0. The van der Waals surface area contributed by atoms with Gasteiger partial charge in [-0.15, -0.1) is 6.58 Å². The lowest BCUT2D eigenvalue weighted by Crippen LogP contribution is -2.56. The molecular formula is C24H38N2O6. The molecule has 3 saturated heterocycles. The fourth-order valence-electron chi connectivity index (χ4n) is 5.87. The van der Waals surface area contributed by atoms with Crippen molar-refractivity contribution in [2.45, 2.75) is 82.5 Å². The average Bonchev–Trinajstić information content (AvgIpc) is 3.40. The summed E-state index contributed by atoms with van der Waals surface area (Å²) in [5.74, 6) is -3.12. The van der Waals surface area contributed by atoms with Gasteiger partial charge in [0, 0.05) is 26.2 Å². The van der Waals surface area contributed by atoms with Crippen LogP contribution in [0.3, 0.4) is 0 Å². The molecule has 3 fully saturated rings. The number of aliphatic carboxylic acids is 1. The van der Waals surface area contributed by atoms with Crippen LogP contribution in [-0.2, 0) is 19.1 Å². The van der Waals surface area contributed by atoms with E-state index in [1.165, 1.54) is 0 Å². The number of hydrogen-bond acceptors (Lipinski definition) is 5. The second kappa shape index (κ2) is 10.8. The molecule has 3 aliphatic rings. The molecule has 2 unspecified atom stereocenters. The van der Waals surface area contributed by atoms with E-state index in [0.717, 1.165) is 32.1 Å². The maximum Gasteiger partial charge on any atom is 0.310 e. The highest BCUT2D eigenvalue weighted by Gasteiger charge is 2.74. The van der Waals surface area contributed by atoms with Crippen LogP contribution in [0.5, 0.6) is 0 Å². The maximum atomic E-state index is 13.8. The molecule has 8 nitrogen and oxygen atoms in total. The molecule has 0 aliphatic carbocycles. The number of likely N-dealkylation sites (tertiary alicyclic amines) is 1. The van der Waals surface area contributed by atoms with Gasteiger partial charge < -0.3 is 24.7 Å². The second-order valence-electron chi connectivity index (χ2n) is 9.34. The first-order valence-electron chi connectivity index (χ1n) is 12.1. The van der Waals surface area contributed by atoms with Crippen LogP contribution in [-0.4, -0.2) is 81.8 Å². The third-order valence-corrected chi connectivity index (χ3v) is 7.32. The monoisotopic (exact) mass is 450 g/mol. The van der Waals surface area contributed by atoms with Crippen molar-refractivity contribution in [3.8, 4) is 0 Å². The zero-order chi connectivity index (χ0) is 23.3. The molecule has 8 heteroatoms. The number of aliphatic hydroxyl groups is 1. The summed E-state index contributed by atoms with van der Waals surface area (Å²) in [6.45, 7) is 7.41. The number of amides is 2. The molecular weight excluding hydrogens is 412 g/mol. The lowest BCUT2D eigenvalue weighted by atomic mass is 9.70. The molecule has 2 amide bonds. The van der Waals surface area contributed by atoms with Gasteiger partial charge in [0.15, 0.2) is 0 Å². The number of carboxylic acids is 1. The van der Waals surface area contributed by atoms with Crippen LogP contribution >= 0.6 is 0 Å². The van der Waals surface area contributed by atoms with Crippen molar-refractivity contribution in [3.63, 3.8) is 0 Å². The molecule has 3 heterocycles. The van der Waals surface area contributed by atoms with Crippen LogP contribution in [0.1, 0.15) is 64.7 Å². The van der Waals surface area contributed by atoms with E-state index in [4.69, 9.17) is 9.84 Å². The zero-order valence-corrected chi connectivity index (χ0v) is 19.2. The summed E-state index contributed by atoms with van der Waals surface area (Å²) in [6.07, 6.45) is 8.30. The predicted molar refractivity (Wildman–Crippen MR) is 119 cm³/mol. The summed E-state index contributed by atoms with van der Waals surface area (Å²) in [6, 6.07) is -0.784. The minimum atomic E-state index is -1.04. The van der Waals surface area contributed by atoms with Crippen LogP contribution in [0.25, 0.3) is 0 Å². The summed E-state index contributed by atoms with van der Waals surface area (Å²) in [5.41, 5.74) is -1.04. The number of nitrogens with zero attached hydrogens (tertiary/aromatic N) is 2. The summed E-state index contributed by atoms with van der Waals surface area (Å²) in [4.78, 5) is 42.7. The van der Waals surface area contributed by atoms with Crippen molar-refractivity contribution in [2.24, 2.45) is 11.8 Å². The predicted octanol–water partition coefficient (Wildman–Crippen LogP) is 2.20. The van der Waals surface area contributed by atoms with Gasteiger partial charge in [0.1, 0.15) is 11.6 Å². The molecule has 0 aromatic rings. The van der Waals surface area contributed by atoms with Gasteiger partial charge in [0.05, 0.1) is 17.9 Å². The highest BCUT2D eigenvalue weighted by molar-refractivity contribution is 5.98. The fraction of sp³-hybridized carbons (Fsp3) is 0.792. The van der Waals surface area contributed by atoms with Gasteiger partial charge in [-0.1, -0.05) is 38.7 Å². The Balaban J connectivity index is 1.87. The van der Waals surface area contributed by atoms with Crippen molar-refractivity contribution in [1.29, 1.82) is 0 Å². The number of fused-ring (bicyclic) bond motifs is 1. The standard InChI is InChI=1S/C24H38N2O6/c1-3-5-8-14-25(13-4-2)22(29)20-24-12-11-17(32-24)18(23(30)31)19(24)21(28)26(20)15-9-6-7-10-16-27/h4,17-20,27H,2-3,5-16H2,1H3,(H,30,31)/t17-,18+,19+,20?,24?/m1/s1. The lowest BCUT2D eigenvalue weighted by molar-refractivity contribution is -0.151. The number of ether oxygens (including phenoxy) is 1. The Kier molecular flexibility index (Phi) is 8.33. The average molecular weight is 451 g/mol. The number of carbonyl (C=O) groups is 3. The summed E-state index contributed by atoms with van der Waals surface area (Å²) < 4.78 is 6.24. The maximum absolute atomic E-state index is 13.8. The molecule has 3 rings (SSSR count). The van der Waals surface area contributed by atoms with Crippen LogP contribution in [0.4, 0.5) is 0 Å². The van der Waals surface area contributed by atoms with Gasteiger partial charge >= 0.3 is 5.97 Å². The Morgan fingerprint density at radius 2 is 2.00 bits per heavy atom. The molecule has 0 radical (unpaired) electrons. The molecule has 5 atom stereocenters. The number of hydrogen-bond donors (Lipinski definition) is 2. The summed E-state index contributed by atoms with van der Waals surface area (Å²) in [5, 5.41) is 18.8. The van der Waals surface area contributed by atoms with Gasteiger partial charge in [-0.05, 0) is 32.1 Å². The van der Waals surface area contributed by atoms with Gasteiger partial charge in [-0.2, -0.15) is 0 Å². The number of unbranched alkanes of at least 4 members (excludes halogenated alkanes) is 5. The van der Waals surface area contributed by atoms with E-state index in [0.29, 0.717) is 45.3 Å². The third kappa shape index (κ3) is 4.44. The number of aliphatic hydroxyl groups excluding tert-OH is 1. The Labute approximate surface area is 190 Å². The molecule has 0 aromatic carbocycles. The Bertz CT molecular complexity index is 713. The number of rotatable bonds is 14. The first-order valence-corrected chi connectivity index (χ1v) is 12.1. The zero-order valence-electron chi connectivity index (χ0n) is 19.2. The van der Waals surface area contributed by atoms with E-state index >= 15 is 0 Å². The van der Waals surface area contributed by atoms with Crippen molar-refractivity contribution >= 4 is 17.8 Å². The SMILES string of the molecule is C=CCN(CCCCC)C(=O)C1N(CCCCCCO)C(=O)[C@@H]2[C@@H](C(=O)O)[C@H]3CCC12O3. The van der Waals surface area contributed by atoms with Crippen molar-refractivity contribution in [1.82, 2.24) is 9.80 Å². The molecule has 32 heavy (non-hydrogen) atoms. The van der Waals surface area contributed by atoms with Gasteiger partial charge in [-0.25, -0.2) is 0 Å². The molecule has 180 valence electrons.